The van der Waals surface area contributed by atoms with Gasteiger partial charge < -0.3 is 9.87 Å². The maximum atomic E-state index is 11.5. The van der Waals surface area contributed by atoms with Crippen LogP contribution in [-0.4, -0.2) is 31.2 Å². The zero-order valence-corrected chi connectivity index (χ0v) is 10.2. The highest BCUT2D eigenvalue weighted by Crippen LogP contribution is 2.19. The van der Waals surface area contributed by atoms with Crippen molar-refractivity contribution in [3.63, 3.8) is 0 Å². The fraction of sp³-hybridized carbons (Fsp3) is 0.889. The Hall–Kier alpha value is -0.620. The van der Waals surface area contributed by atoms with Gasteiger partial charge in [0.2, 0.25) is 5.91 Å². The fourth-order valence-electron chi connectivity index (χ4n) is 0.851. The van der Waals surface area contributed by atoms with Crippen LogP contribution in [0.25, 0.3) is 0 Å². The predicted molar refractivity (Wildman–Crippen MR) is 56.3 cm³/mol. The Morgan fingerprint density at radius 1 is 1.40 bits per heavy atom. The van der Waals surface area contributed by atoms with E-state index in [4.69, 9.17) is 0 Å². The number of hydrogen-bond donors (Lipinski definition) is 1. The summed E-state index contributed by atoms with van der Waals surface area (Å²) in [6.45, 7) is 5.75. The number of amides is 1. The van der Waals surface area contributed by atoms with Crippen molar-refractivity contribution >= 4 is 16.0 Å². The lowest BCUT2D eigenvalue weighted by Gasteiger charge is -2.21. The first-order chi connectivity index (χ1) is 6.69. The van der Waals surface area contributed by atoms with Crippen LogP contribution in [0.3, 0.4) is 0 Å². The van der Waals surface area contributed by atoms with E-state index in [0.29, 0.717) is 6.42 Å². The van der Waals surface area contributed by atoms with Crippen LogP contribution in [0.15, 0.2) is 0 Å². The highest BCUT2D eigenvalue weighted by molar-refractivity contribution is 7.85. The van der Waals surface area contributed by atoms with Gasteiger partial charge in [0, 0.05) is 17.7 Å². The van der Waals surface area contributed by atoms with Gasteiger partial charge >= 0.3 is 0 Å². The van der Waals surface area contributed by atoms with Crippen LogP contribution in [0.5, 0.6) is 0 Å². The van der Waals surface area contributed by atoms with Gasteiger partial charge in [0.25, 0.3) is 0 Å². The summed E-state index contributed by atoms with van der Waals surface area (Å²) in [5.74, 6) is -0.548. The molecule has 0 radical (unpaired) electrons. The average Bonchev–Trinajstić information content (AvgIpc) is 2.10. The van der Waals surface area contributed by atoms with Crippen molar-refractivity contribution in [3.05, 3.63) is 0 Å². The molecule has 5 nitrogen and oxygen atoms in total. The lowest BCUT2D eigenvalue weighted by atomic mass is 9.89. The monoisotopic (exact) mass is 236 g/mol. The molecule has 90 valence electrons. The molecule has 0 aliphatic rings. The summed E-state index contributed by atoms with van der Waals surface area (Å²) in [7, 11) is -4.16. The summed E-state index contributed by atoms with van der Waals surface area (Å²) in [6, 6.07) is 0. The number of nitrogens with one attached hydrogen (secondary N) is 1. The Morgan fingerprint density at radius 2 is 1.93 bits per heavy atom. The largest absolute Gasteiger partial charge is 0.748 e. The van der Waals surface area contributed by atoms with Crippen molar-refractivity contribution in [2.24, 2.45) is 5.41 Å². The minimum absolute atomic E-state index is 0.117. The topological polar surface area (TPSA) is 86.3 Å². The molecule has 0 aromatic carbocycles. The lowest BCUT2D eigenvalue weighted by molar-refractivity contribution is -0.129. The Morgan fingerprint density at radius 3 is 2.33 bits per heavy atom. The Labute approximate surface area is 91.0 Å². The molecule has 0 aliphatic heterocycles. The molecule has 0 aromatic rings. The van der Waals surface area contributed by atoms with E-state index in [1.54, 1.807) is 0 Å². The minimum Gasteiger partial charge on any atom is -0.748 e. The van der Waals surface area contributed by atoms with E-state index in [1.165, 1.54) is 0 Å². The minimum atomic E-state index is -4.16. The summed E-state index contributed by atoms with van der Waals surface area (Å²) >= 11 is 0. The molecule has 1 N–H and O–H groups in total. The summed E-state index contributed by atoms with van der Waals surface area (Å²) in [5, 5.41) is 2.60. The average molecular weight is 236 g/mol. The third-order valence-corrected chi connectivity index (χ3v) is 3.14. The van der Waals surface area contributed by atoms with Crippen LogP contribution in [0.4, 0.5) is 0 Å². The maximum absolute atomic E-state index is 11.5. The first-order valence-electron chi connectivity index (χ1n) is 4.91. The molecule has 0 atom stereocenters. The number of hydrogen-bond acceptors (Lipinski definition) is 4. The summed E-state index contributed by atoms with van der Waals surface area (Å²) in [5.41, 5.74) is -0.448. The highest BCUT2D eigenvalue weighted by Gasteiger charge is 2.24. The van der Waals surface area contributed by atoms with E-state index in [-0.39, 0.29) is 18.9 Å². The van der Waals surface area contributed by atoms with E-state index >= 15 is 0 Å². The zero-order valence-electron chi connectivity index (χ0n) is 9.37. The van der Waals surface area contributed by atoms with Crippen molar-refractivity contribution in [1.29, 1.82) is 0 Å². The van der Waals surface area contributed by atoms with Gasteiger partial charge in [-0.2, -0.15) is 0 Å². The normalized spacial score (nSPS) is 12.5. The molecular weight excluding hydrogens is 218 g/mol. The van der Waals surface area contributed by atoms with Crippen molar-refractivity contribution in [3.8, 4) is 0 Å². The molecule has 0 aliphatic carbocycles. The smallest absolute Gasteiger partial charge is 0.225 e. The third-order valence-electron chi connectivity index (χ3n) is 2.36. The summed E-state index contributed by atoms with van der Waals surface area (Å²) in [6.07, 6.45) is 0.871. The second-order valence-electron chi connectivity index (χ2n) is 4.11. The van der Waals surface area contributed by atoms with Gasteiger partial charge in [-0.15, -0.1) is 0 Å². The van der Waals surface area contributed by atoms with Crippen LogP contribution >= 0.6 is 0 Å². The van der Waals surface area contributed by atoms with Crippen molar-refractivity contribution in [2.45, 2.75) is 33.6 Å². The maximum Gasteiger partial charge on any atom is 0.225 e. The molecule has 0 aromatic heterocycles. The second-order valence-corrected chi connectivity index (χ2v) is 5.63. The van der Waals surface area contributed by atoms with Crippen LogP contribution in [-0.2, 0) is 14.9 Å². The first-order valence-corrected chi connectivity index (χ1v) is 6.48. The summed E-state index contributed by atoms with van der Waals surface area (Å²) in [4.78, 5) is 11.5. The second kappa shape index (κ2) is 5.46. The van der Waals surface area contributed by atoms with E-state index in [1.807, 2.05) is 20.8 Å². The van der Waals surface area contributed by atoms with E-state index in [9.17, 15) is 17.8 Å². The molecule has 0 rings (SSSR count). The van der Waals surface area contributed by atoms with Crippen molar-refractivity contribution < 1.29 is 17.8 Å². The molecule has 0 saturated carbocycles. The van der Waals surface area contributed by atoms with Crippen LogP contribution in [0.2, 0.25) is 0 Å². The standard InChI is InChI=1S/C9H19NO4S/c1-4-9(2,3)8(11)10-6-5-7-15(12,13)14/h4-7H2,1-3H3,(H,10,11)(H,12,13,14)/p-1. The van der Waals surface area contributed by atoms with Crippen LogP contribution in [0.1, 0.15) is 33.6 Å². The molecule has 0 saturated heterocycles. The SMILES string of the molecule is CCC(C)(C)C(=O)NCCCS(=O)(=O)[O-]. The predicted octanol–water partition coefficient (Wildman–Crippen LogP) is 0.474. The Balaban J connectivity index is 3.84. The molecule has 0 unspecified atom stereocenters. The highest BCUT2D eigenvalue weighted by atomic mass is 32.2. The van der Waals surface area contributed by atoms with Gasteiger partial charge in [-0.1, -0.05) is 20.8 Å². The van der Waals surface area contributed by atoms with Crippen molar-refractivity contribution in [1.82, 2.24) is 5.32 Å². The molecule has 0 spiro atoms. The summed E-state index contributed by atoms with van der Waals surface area (Å²) < 4.78 is 30.8. The Bertz CT molecular complexity index is 308. The van der Waals surface area contributed by atoms with Gasteiger partial charge in [-0.25, -0.2) is 8.42 Å². The van der Waals surface area contributed by atoms with E-state index in [2.05, 4.69) is 5.32 Å². The molecule has 0 fully saturated rings. The molecule has 1 amide bonds. The number of rotatable bonds is 6. The van der Waals surface area contributed by atoms with E-state index < -0.39 is 21.3 Å². The van der Waals surface area contributed by atoms with Gasteiger partial charge in [-0.3, -0.25) is 4.79 Å². The van der Waals surface area contributed by atoms with Gasteiger partial charge in [0.15, 0.2) is 0 Å². The van der Waals surface area contributed by atoms with E-state index in [0.717, 1.165) is 0 Å². The van der Waals surface area contributed by atoms with Crippen LogP contribution in [0, 0.1) is 5.41 Å². The molecule has 0 heterocycles. The lowest BCUT2D eigenvalue weighted by Crippen LogP contribution is -2.37. The van der Waals surface area contributed by atoms with Gasteiger partial charge in [0.1, 0.15) is 0 Å². The van der Waals surface area contributed by atoms with Crippen molar-refractivity contribution in [2.75, 3.05) is 12.3 Å². The fourth-order valence-corrected chi connectivity index (χ4v) is 1.35. The third kappa shape index (κ3) is 6.46. The van der Waals surface area contributed by atoms with Crippen LogP contribution < -0.4 is 5.32 Å². The van der Waals surface area contributed by atoms with Gasteiger partial charge in [0.05, 0.1) is 10.1 Å². The molecule has 6 heteroatoms. The number of carbonyl (C=O) groups excluding carboxylic acids is 1. The molecule has 0 bridgehead atoms. The molecule has 15 heavy (non-hydrogen) atoms. The number of carbonyl (C=O) groups is 1. The zero-order chi connectivity index (χ0) is 12.1. The quantitative estimate of drug-likeness (QED) is 0.536. The van der Waals surface area contributed by atoms with Gasteiger partial charge in [-0.05, 0) is 12.8 Å². The Kier molecular flexibility index (Phi) is 5.23. The molecular formula is C9H18NO4S-. The first kappa shape index (κ1) is 14.4.